The van der Waals surface area contributed by atoms with E-state index in [1.165, 1.54) is 12.7 Å². The van der Waals surface area contributed by atoms with E-state index in [-0.39, 0.29) is 11.8 Å². The molecule has 0 aliphatic rings. The van der Waals surface area contributed by atoms with Crippen molar-refractivity contribution in [3.8, 4) is 0 Å². The largest absolute Gasteiger partial charge is 0.340 e. The zero-order valence-electron chi connectivity index (χ0n) is 9.19. The Labute approximate surface area is 92.5 Å². The van der Waals surface area contributed by atoms with Crippen LogP contribution in [0, 0.1) is 5.92 Å². The molecule has 2 N–H and O–H groups in total. The van der Waals surface area contributed by atoms with Crippen molar-refractivity contribution in [2.75, 3.05) is 5.32 Å². The van der Waals surface area contributed by atoms with Crippen LogP contribution in [0.2, 0.25) is 0 Å². The number of amides is 1. The number of aromatic nitrogens is 4. The second-order valence-electron chi connectivity index (χ2n) is 3.62. The number of H-pyrrole nitrogens is 1. The first-order valence-electron chi connectivity index (χ1n) is 5.17. The molecule has 0 spiro atoms. The Morgan fingerprint density at radius 3 is 3.06 bits per heavy atom. The van der Waals surface area contributed by atoms with Gasteiger partial charge >= 0.3 is 0 Å². The van der Waals surface area contributed by atoms with E-state index in [0.29, 0.717) is 17.0 Å². The summed E-state index contributed by atoms with van der Waals surface area (Å²) in [5.74, 6) is 0.401. The number of imidazole rings is 1. The Bertz CT molecular complexity index is 507. The molecule has 2 aromatic rings. The minimum Gasteiger partial charge on any atom is -0.340 e. The van der Waals surface area contributed by atoms with Gasteiger partial charge in [-0.05, 0) is 6.42 Å². The van der Waals surface area contributed by atoms with E-state index in [1.54, 1.807) is 0 Å². The Hall–Kier alpha value is -1.98. The predicted octanol–water partition coefficient (Wildman–Crippen LogP) is 1.34. The van der Waals surface area contributed by atoms with Gasteiger partial charge in [0, 0.05) is 5.92 Å². The van der Waals surface area contributed by atoms with Crippen LogP contribution in [0.5, 0.6) is 0 Å². The third-order valence-corrected chi connectivity index (χ3v) is 2.52. The van der Waals surface area contributed by atoms with Crippen molar-refractivity contribution in [3.63, 3.8) is 0 Å². The predicted molar refractivity (Wildman–Crippen MR) is 59.8 cm³/mol. The number of carbonyl (C=O) groups excluding carboxylic acids is 1. The maximum Gasteiger partial charge on any atom is 0.228 e. The van der Waals surface area contributed by atoms with Gasteiger partial charge in [0.05, 0.1) is 6.33 Å². The fraction of sp³-hybridized carbons (Fsp3) is 0.400. The first-order chi connectivity index (χ1) is 7.72. The van der Waals surface area contributed by atoms with Gasteiger partial charge in [-0.1, -0.05) is 13.8 Å². The number of nitrogens with one attached hydrogen (secondary N) is 2. The normalized spacial score (nSPS) is 12.6. The van der Waals surface area contributed by atoms with Gasteiger partial charge in [-0.15, -0.1) is 0 Å². The highest BCUT2D eigenvalue weighted by atomic mass is 16.1. The monoisotopic (exact) mass is 219 g/mol. The van der Waals surface area contributed by atoms with Gasteiger partial charge in [-0.2, -0.15) is 0 Å². The topological polar surface area (TPSA) is 83.6 Å². The third kappa shape index (κ3) is 1.86. The summed E-state index contributed by atoms with van der Waals surface area (Å²) in [5, 5.41) is 2.76. The van der Waals surface area contributed by atoms with E-state index in [2.05, 4.69) is 25.3 Å². The summed E-state index contributed by atoms with van der Waals surface area (Å²) in [5.41, 5.74) is 1.20. The Morgan fingerprint density at radius 2 is 2.31 bits per heavy atom. The van der Waals surface area contributed by atoms with Crippen LogP contribution in [0.15, 0.2) is 12.7 Å². The highest BCUT2D eigenvalue weighted by Crippen LogP contribution is 2.15. The first kappa shape index (κ1) is 10.5. The lowest BCUT2D eigenvalue weighted by Gasteiger charge is -2.08. The number of fused-ring (bicyclic) bond motifs is 1. The highest BCUT2D eigenvalue weighted by molar-refractivity contribution is 5.97. The smallest absolute Gasteiger partial charge is 0.228 e. The minimum absolute atomic E-state index is 0.0343. The zero-order valence-corrected chi connectivity index (χ0v) is 9.19. The molecule has 0 saturated carbocycles. The number of hydrogen-bond acceptors (Lipinski definition) is 4. The van der Waals surface area contributed by atoms with E-state index in [0.717, 1.165) is 6.42 Å². The molecule has 1 amide bonds. The summed E-state index contributed by atoms with van der Waals surface area (Å²) < 4.78 is 0. The maximum absolute atomic E-state index is 11.7. The summed E-state index contributed by atoms with van der Waals surface area (Å²) in [7, 11) is 0. The maximum atomic E-state index is 11.7. The molecule has 2 rings (SSSR count). The van der Waals surface area contributed by atoms with Crippen molar-refractivity contribution in [1.29, 1.82) is 0 Å². The summed E-state index contributed by atoms with van der Waals surface area (Å²) in [6.07, 6.45) is 3.71. The third-order valence-electron chi connectivity index (χ3n) is 2.52. The van der Waals surface area contributed by atoms with Crippen LogP contribution in [0.1, 0.15) is 20.3 Å². The molecule has 2 heterocycles. The van der Waals surface area contributed by atoms with Crippen molar-refractivity contribution < 1.29 is 4.79 Å². The molecule has 0 aliphatic heterocycles. The quantitative estimate of drug-likeness (QED) is 0.815. The van der Waals surface area contributed by atoms with Gasteiger partial charge < -0.3 is 10.3 Å². The lowest BCUT2D eigenvalue weighted by molar-refractivity contribution is -0.119. The second-order valence-corrected chi connectivity index (χ2v) is 3.62. The standard InChI is InChI=1S/C10H13N5O/c1-3-6(2)10(16)15-9-7-8(12-4-11-7)13-5-14-9/h4-6H,3H2,1-2H3,(H2,11,12,13,14,15,16)/t6-/m1/s1. The average Bonchev–Trinajstić information content (AvgIpc) is 2.77. The van der Waals surface area contributed by atoms with Crippen LogP contribution in [0.25, 0.3) is 11.2 Å². The zero-order chi connectivity index (χ0) is 11.5. The van der Waals surface area contributed by atoms with Crippen LogP contribution in [0.3, 0.4) is 0 Å². The van der Waals surface area contributed by atoms with Crippen LogP contribution in [0.4, 0.5) is 5.82 Å². The summed E-state index contributed by atoms with van der Waals surface area (Å²) in [6.45, 7) is 3.84. The van der Waals surface area contributed by atoms with E-state index in [4.69, 9.17) is 0 Å². The Morgan fingerprint density at radius 1 is 1.50 bits per heavy atom. The van der Waals surface area contributed by atoms with Crippen LogP contribution in [-0.2, 0) is 4.79 Å². The second kappa shape index (κ2) is 4.26. The molecule has 0 radical (unpaired) electrons. The van der Waals surface area contributed by atoms with Crippen LogP contribution in [-0.4, -0.2) is 25.8 Å². The molecular formula is C10H13N5O. The van der Waals surface area contributed by atoms with Gasteiger partial charge in [0.1, 0.15) is 11.8 Å². The molecule has 6 heteroatoms. The average molecular weight is 219 g/mol. The molecule has 16 heavy (non-hydrogen) atoms. The van der Waals surface area contributed by atoms with Gasteiger partial charge in [0.25, 0.3) is 0 Å². The molecule has 0 fully saturated rings. The fourth-order valence-corrected chi connectivity index (χ4v) is 1.29. The number of hydrogen-bond donors (Lipinski definition) is 2. The highest BCUT2D eigenvalue weighted by Gasteiger charge is 2.13. The van der Waals surface area contributed by atoms with Crippen LogP contribution >= 0.6 is 0 Å². The molecule has 0 aromatic carbocycles. The van der Waals surface area contributed by atoms with E-state index in [9.17, 15) is 4.79 Å². The van der Waals surface area contributed by atoms with Gasteiger partial charge in [-0.25, -0.2) is 15.0 Å². The molecule has 0 unspecified atom stereocenters. The number of aromatic amines is 1. The van der Waals surface area contributed by atoms with Gasteiger partial charge in [0.2, 0.25) is 5.91 Å². The molecule has 0 saturated heterocycles. The SMILES string of the molecule is CC[C@@H](C)C(=O)Nc1ncnc2nc[nH]c12. The molecule has 6 nitrogen and oxygen atoms in total. The molecular weight excluding hydrogens is 206 g/mol. The van der Waals surface area contributed by atoms with Crippen molar-refractivity contribution >= 4 is 22.9 Å². The van der Waals surface area contributed by atoms with E-state index >= 15 is 0 Å². The number of nitrogens with zero attached hydrogens (tertiary/aromatic N) is 3. The van der Waals surface area contributed by atoms with Gasteiger partial charge in [-0.3, -0.25) is 4.79 Å². The molecule has 1 atom stereocenters. The lowest BCUT2D eigenvalue weighted by Crippen LogP contribution is -2.20. The van der Waals surface area contributed by atoms with Crippen molar-refractivity contribution in [1.82, 2.24) is 19.9 Å². The summed E-state index contributed by atoms with van der Waals surface area (Å²) in [6, 6.07) is 0. The molecule has 84 valence electrons. The Kier molecular flexibility index (Phi) is 2.80. The van der Waals surface area contributed by atoms with E-state index < -0.39 is 0 Å². The van der Waals surface area contributed by atoms with Crippen molar-refractivity contribution in [2.24, 2.45) is 5.92 Å². The Balaban J connectivity index is 2.27. The van der Waals surface area contributed by atoms with Gasteiger partial charge in [0.15, 0.2) is 11.5 Å². The number of rotatable bonds is 3. The van der Waals surface area contributed by atoms with Crippen molar-refractivity contribution in [3.05, 3.63) is 12.7 Å². The molecule has 0 bridgehead atoms. The lowest BCUT2D eigenvalue weighted by atomic mass is 10.1. The van der Waals surface area contributed by atoms with E-state index in [1.807, 2.05) is 13.8 Å². The molecule has 2 aromatic heterocycles. The molecule has 0 aliphatic carbocycles. The first-order valence-corrected chi connectivity index (χ1v) is 5.17. The number of carbonyl (C=O) groups is 1. The summed E-state index contributed by atoms with van der Waals surface area (Å²) in [4.78, 5) is 26.6. The summed E-state index contributed by atoms with van der Waals surface area (Å²) >= 11 is 0. The number of anilines is 1. The van der Waals surface area contributed by atoms with Crippen LogP contribution < -0.4 is 5.32 Å². The minimum atomic E-state index is -0.0444. The van der Waals surface area contributed by atoms with Crippen molar-refractivity contribution in [2.45, 2.75) is 20.3 Å². The fourth-order valence-electron chi connectivity index (χ4n) is 1.29.